The quantitative estimate of drug-likeness (QED) is 0.0202. The molecule has 0 bridgehead atoms. The zero-order valence-electron chi connectivity index (χ0n) is 43.0. The molecule has 3 heterocycles. The number of hydrogen-bond acceptors (Lipinski definition) is 14. The smallest absolute Gasteiger partial charge is 0.244 e. The molecule has 4 aromatic rings. The highest BCUT2D eigenvalue weighted by atomic mass is 33.1. The van der Waals surface area contributed by atoms with E-state index in [2.05, 4.69) is 67.5 Å². The van der Waals surface area contributed by atoms with E-state index in [4.69, 9.17) is 28.7 Å². The first kappa shape index (κ1) is 60.5. The lowest BCUT2D eigenvalue weighted by molar-refractivity contribution is -0.135. The van der Waals surface area contributed by atoms with Crippen LogP contribution < -0.4 is 71.2 Å². The van der Waals surface area contributed by atoms with Crippen molar-refractivity contribution in [1.82, 2.24) is 57.5 Å². The first-order valence-corrected chi connectivity index (χ1v) is 27.4. The van der Waals surface area contributed by atoms with E-state index in [1.165, 1.54) is 26.4 Å². The highest BCUT2D eigenvalue weighted by molar-refractivity contribution is 8.76. The van der Waals surface area contributed by atoms with E-state index in [1.54, 1.807) is 42.6 Å². The molecule has 0 spiro atoms. The Labute approximate surface area is 457 Å². The van der Waals surface area contributed by atoms with Gasteiger partial charge in [0.1, 0.15) is 48.3 Å². The van der Waals surface area contributed by atoms with Crippen molar-refractivity contribution in [2.75, 3.05) is 24.6 Å². The average molecular weight is 1120 g/mol. The number of nitrogens with zero attached hydrogens (tertiary/aromatic N) is 3. The second kappa shape index (κ2) is 30.4. The number of fused-ring (bicyclic) bond motifs is 1. The van der Waals surface area contributed by atoms with Crippen molar-refractivity contribution in [3.63, 3.8) is 0 Å². The van der Waals surface area contributed by atoms with Crippen LogP contribution in [0.1, 0.15) is 56.4 Å². The molecule has 78 heavy (non-hydrogen) atoms. The van der Waals surface area contributed by atoms with Crippen LogP contribution in [0.2, 0.25) is 0 Å². The Bertz CT molecular complexity index is 2770. The minimum atomic E-state index is -1.40. The Morgan fingerprint density at radius 3 is 1.92 bits per heavy atom. The van der Waals surface area contributed by atoms with Gasteiger partial charge in [0, 0.05) is 79.8 Å². The molecule has 1 aliphatic rings. The Hall–Kier alpha value is -8.34. The van der Waals surface area contributed by atoms with Crippen LogP contribution in [-0.2, 0) is 62.4 Å². The van der Waals surface area contributed by atoms with Crippen LogP contribution in [0.4, 0.5) is 0 Å². The van der Waals surface area contributed by atoms with E-state index in [9.17, 15) is 43.2 Å². The fraction of sp³-hybridized carbons (Fsp3) is 0.429. The van der Waals surface area contributed by atoms with Gasteiger partial charge in [-0.25, -0.2) is 4.98 Å². The van der Waals surface area contributed by atoms with Gasteiger partial charge in [0.05, 0.1) is 6.33 Å². The summed E-state index contributed by atoms with van der Waals surface area (Å²) in [4.78, 5) is 144. The number of H-pyrrole nitrogens is 2. The standard InChI is InChI=1S/C49H68N18O9S2/c1-26-41(70)63-37(20-30-22-55-25-59-30)46(75)64-35(18-28-10-4-3-5-11-28)44(73)62-34(15-9-17-57-49(53)54)43(72)65-36(19-29-21-58-32-13-7-6-12-31(29)32)45(74)66-38(40(50)69)23-77-78-24-39(47(76)60-26)67-42(71)33(61-27(2)68)14-8-16-56-48(51)52/h3-7,10-13,21-22,25-26,33-39,58H,8-9,14-20,23-24H2,1-2H3,(H2,50,69)(H,55,59)(H,60,76)(H,61,68)(H,62,73)(H,63,70)(H,64,75)(H,65,72)(H,66,74)(H,67,71)(H4,51,52,56)(H4,53,54,57). The van der Waals surface area contributed by atoms with Gasteiger partial charge in [0.2, 0.25) is 53.2 Å². The number of primary amides is 1. The molecule has 8 atom stereocenters. The van der Waals surface area contributed by atoms with Crippen LogP contribution in [0.3, 0.4) is 0 Å². The summed E-state index contributed by atoms with van der Waals surface area (Å²) in [7, 11) is 2.02. The molecule has 0 saturated carbocycles. The lowest BCUT2D eigenvalue weighted by Gasteiger charge is -2.27. The number of nitrogens with one attached hydrogen (secondary N) is 10. The predicted molar refractivity (Wildman–Crippen MR) is 295 cm³/mol. The normalized spacial score (nSPS) is 21.7. The van der Waals surface area contributed by atoms with Crippen molar-refractivity contribution in [2.45, 2.75) is 107 Å². The number of amides is 9. The van der Waals surface area contributed by atoms with Gasteiger partial charge in [-0.15, -0.1) is 0 Å². The fourth-order valence-corrected chi connectivity index (χ4v) is 10.4. The minimum absolute atomic E-state index is 0.0573. The van der Waals surface area contributed by atoms with Crippen LogP contribution in [0.25, 0.3) is 10.9 Å². The molecular formula is C49H68N18O9S2. The number of aromatic nitrogens is 3. The zero-order valence-corrected chi connectivity index (χ0v) is 44.7. The summed E-state index contributed by atoms with van der Waals surface area (Å²) in [5.74, 6) is -7.96. The van der Waals surface area contributed by atoms with Crippen molar-refractivity contribution in [1.29, 1.82) is 0 Å². The molecule has 1 aliphatic heterocycles. The van der Waals surface area contributed by atoms with Gasteiger partial charge in [-0.1, -0.05) is 70.1 Å². The van der Waals surface area contributed by atoms with Gasteiger partial charge in [-0.05, 0) is 49.8 Å². The van der Waals surface area contributed by atoms with E-state index >= 15 is 0 Å². The number of rotatable bonds is 18. The fourth-order valence-electron chi connectivity index (χ4n) is 8.05. The van der Waals surface area contributed by atoms with E-state index in [-0.39, 0.29) is 81.5 Å². The summed E-state index contributed by atoms with van der Waals surface area (Å²) < 4.78 is 0. The van der Waals surface area contributed by atoms with Crippen LogP contribution in [-0.4, -0.2) is 153 Å². The Kier molecular flexibility index (Phi) is 23.6. The Balaban J connectivity index is 1.55. The molecule has 1 fully saturated rings. The Morgan fingerprint density at radius 1 is 0.679 bits per heavy atom. The summed E-state index contributed by atoms with van der Waals surface area (Å²) in [5, 5.41) is 22.1. The van der Waals surface area contributed by atoms with Crippen molar-refractivity contribution in [2.24, 2.45) is 38.7 Å². The van der Waals surface area contributed by atoms with Crippen molar-refractivity contribution < 1.29 is 43.2 Å². The maximum Gasteiger partial charge on any atom is 0.244 e. The molecule has 29 heteroatoms. The third-order valence-corrected chi connectivity index (χ3v) is 14.5. The van der Waals surface area contributed by atoms with Crippen LogP contribution in [0.15, 0.2) is 83.3 Å². The molecule has 9 amide bonds. The molecule has 0 aliphatic carbocycles. The van der Waals surface area contributed by atoms with Gasteiger partial charge in [-0.2, -0.15) is 0 Å². The number of nitrogens with two attached hydrogens (primary N) is 5. The first-order chi connectivity index (χ1) is 37.3. The van der Waals surface area contributed by atoms with E-state index in [0.717, 1.165) is 32.5 Å². The van der Waals surface area contributed by atoms with Gasteiger partial charge in [0.15, 0.2) is 11.9 Å². The molecule has 20 N–H and O–H groups in total. The number of guanidine groups is 2. The molecule has 2 aromatic carbocycles. The molecule has 0 radical (unpaired) electrons. The predicted octanol–water partition coefficient (Wildman–Crippen LogP) is -3.18. The summed E-state index contributed by atoms with van der Waals surface area (Å²) in [6, 6.07) is 5.16. The molecule has 8 unspecified atom stereocenters. The molecule has 5 rings (SSSR count). The summed E-state index contributed by atoms with van der Waals surface area (Å²) in [6.45, 7) is 2.74. The Morgan fingerprint density at radius 2 is 1.27 bits per heavy atom. The number of para-hydroxylation sites is 1. The summed E-state index contributed by atoms with van der Waals surface area (Å²) >= 11 is 0. The monoisotopic (exact) mass is 1120 g/mol. The van der Waals surface area contributed by atoms with Crippen LogP contribution in [0.5, 0.6) is 0 Å². The van der Waals surface area contributed by atoms with Gasteiger partial charge in [-0.3, -0.25) is 53.1 Å². The van der Waals surface area contributed by atoms with Gasteiger partial charge >= 0.3 is 0 Å². The number of imidazole rings is 1. The largest absolute Gasteiger partial charge is 0.370 e. The maximum absolute atomic E-state index is 14.6. The third kappa shape index (κ3) is 19.7. The second-order valence-corrected chi connectivity index (χ2v) is 20.8. The third-order valence-electron chi connectivity index (χ3n) is 12.1. The minimum Gasteiger partial charge on any atom is -0.370 e. The molecular weight excluding hydrogens is 1050 g/mol. The highest BCUT2D eigenvalue weighted by Gasteiger charge is 2.35. The number of hydrogen-bond donors (Lipinski definition) is 15. The first-order valence-electron chi connectivity index (χ1n) is 24.9. The van der Waals surface area contributed by atoms with Crippen molar-refractivity contribution in [3.8, 4) is 0 Å². The SMILES string of the molecule is CC(=O)NC(CCCN=C(N)N)C(=O)NC1CSSCC(C(N)=O)NC(=O)C(Cc2c[nH]c3ccccc23)NC(=O)C(CCCN=C(N)N)NC(=O)C(Cc2ccccc2)NC(=O)C(Cc2cnc[nH]2)NC(=O)C(C)NC1=O. The van der Waals surface area contributed by atoms with Crippen molar-refractivity contribution in [3.05, 3.63) is 90.1 Å². The lowest BCUT2D eigenvalue weighted by atomic mass is 10.0. The number of aromatic amines is 2. The zero-order chi connectivity index (χ0) is 56.7. The second-order valence-electron chi connectivity index (χ2n) is 18.3. The topological polar surface area (TPSA) is 449 Å². The highest BCUT2D eigenvalue weighted by Crippen LogP contribution is 2.24. The summed E-state index contributed by atoms with van der Waals surface area (Å²) in [6.07, 6.45) is 4.53. The molecule has 2 aromatic heterocycles. The molecule has 420 valence electrons. The number of benzene rings is 2. The van der Waals surface area contributed by atoms with Crippen molar-refractivity contribution >= 4 is 97.6 Å². The molecule has 1 saturated heterocycles. The van der Waals surface area contributed by atoms with Crippen LogP contribution >= 0.6 is 21.6 Å². The van der Waals surface area contributed by atoms with E-state index in [1.807, 2.05) is 18.2 Å². The molecule has 27 nitrogen and oxygen atoms in total. The number of carbonyl (C=O) groups is 9. The van der Waals surface area contributed by atoms with Crippen LogP contribution in [0, 0.1) is 0 Å². The van der Waals surface area contributed by atoms with Gasteiger partial charge in [0.25, 0.3) is 0 Å². The summed E-state index contributed by atoms with van der Waals surface area (Å²) in [5.41, 5.74) is 30.3. The number of aliphatic imine (C=N–C) groups is 2. The average Bonchev–Trinajstić information content (AvgIpc) is 4.10. The van der Waals surface area contributed by atoms with E-state index in [0.29, 0.717) is 16.8 Å². The number of carbonyl (C=O) groups excluding carboxylic acids is 9. The van der Waals surface area contributed by atoms with Gasteiger partial charge < -0.3 is 81.2 Å². The van der Waals surface area contributed by atoms with E-state index < -0.39 is 101 Å². The lowest BCUT2D eigenvalue weighted by Crippen LogP contribution is -2.61. The maximum atomic E-state index is 14.6.